The average Bonchev–Trinajstić information content (AvgIpc) is 3.32. The number of aromatic hydroxyl groups is 1. The number of carbonyl (C=O) groups excluding carboxylic acids is 4. The molecule has 0 spiro atoms. The maximum Gasteiger partial charge on any atom is 0.408 e. The van der Waals surface area contributed by atoms with Crippen LogP contribution in [0.4, 0.5) is 4.79 Å². The molecule has 250 valence electrons. The van der Waals surface area contributed by atoms with Gasteiger partial charge in [-0.3, -0.25) is 14.3 Å². The van der Waals surface area contributed by atoms with E-state index in [2.05, 4.69) is 26.6 Å². The largest absolute Gasteiger partial charge is 0.507 e. The molecular weight excluding hydrogens is 698 g/mol. The van der Waals surface area contributed by atoms with Gasteiger partial charge in [-0.05, 0) is 47.7 Å². The Bertz CT molecular complexity index is 1720. The van der Waals surface area contributed by atoms with E-state index in [4.69, 9.17) is 14.2 Å². The Hall–Kier alpha value is -4.63. The molecule has 0 aromatic heterocycles. The maximum atomic E-state index is 13.3. The van der Waals surface area contributed by atoms with Crippen molar-refractivity contribution in [1.29, 1.82) is 0 Å². The molecule has 3 aromatic rings. The van der Waals surface area contributed by atoms with E-state index in [0.29, 0.717) is 28.4 Å². The summed E-state index contributed by atoms with van der Waals surface area (Å²) in [5, 5.41) is 14.4. The summed E-state index contributed by atoms with van der Waals surface area (Å²) in [6, 6.07) is 17.3. The predicted molar refractivity (Wildman–Crippen MR) is 173 cm³/mol. The highest BCUT2D eigenvalue weighted by Crippen LogP contribution is 2.35. The molecule has 4 N–H and O–H groups in total. The summed E-state index contributed by atoms with van der Waals surface area (Å²) in [7, 11) is -2.66. The van der Waals surface area contributed by atoms with Crippen LogP contribution in [0.3, 0.4) is 0 Å². The number of ether oxygens (including phenoxy) is 3. The molecule has 0 saturated carbocycles. The Morgan fingerprint density at radius 1 is 1.04 bits per heavy atom. The van der Waals surface area contributed by atoms with Crippen LogP contribution in [0.15, 0.2) is 71.2 Å². The highest BCUT2D eigenvalue weighted by molar-refractivity contribution is 9.10. The molecule has 0 aliphatic carbocycles. The first-order valence-electron chi connectivity index (χ1n) is 14.6. The van der Waals surface area contributed by atoms with Crippen molar-refractivity contribution in [3.63, 3.8) is 0 Å². The van der Waals surface area contributed by atoms with Crippen LogP contribution < -0.4 is 20.1 Å². The van der Waals surface area contributed by atoms with Crippen molar-refractivity contribution in [3.05, 3.63) is 93.5 Å². The Balaban J connectivity index is 1.36. The summed E-state index contributed by atoms with van der Waals surface area (Å²) >= 11 is 3.39. The molecule has 47 heavy (non-hydrogen) atoms. The molecule has 1 aliphatic rings. The molecule has 1 heterocycles. The second-order valence-electron chi connectivity index (χ2n) is 10.6. The van der Waals surface area contributed by atoms with Crippen molar-refractivity contribution in [3.8, 4) is 11.5 Å². The fourth-order valence-corrected chi connectivity index (χ4v) is 7.14. The predicted octanol–water partition coefficient (Wildman–Crippen LogP) is 3.65. The summed E-state index contributed by atoms with van der Waals surface area (Å²) in [4.78, 5) is 49.7. The number of carbonyl (C=O) groups is 4. The zero-order chi connectivity index (χ0) is 34.0. The van der Waals surface area contributed by atoms with Crippen LogP contribution >= 0.6 is 15.9 Å². The van der Waals surface area contributed by atoms with E-state index in [0.717, 1.165) is 5.56 Å². The number of esters is 1. The van der Waals surface area contributed by atoms with Crippen molar-refractivity contribution in [1.82, 2.24) is 15.4 Å². The third kappa shape index (κ3) is 9.68. The minimum atomic E-state index is -3.86. The fraction of sp³-hybridized carbons (Fsp3) is 0.312. The summed E-state index contributed by atoms with van der Waals surface area (Å²) in [5.41, 5.74) is 1.70. The highest BCUT2D eigenvalue weighted by Gasteiger charge is 2.39. The minimum absolute atomic E-state index is 0.000751. The molecule has 13 nitrogen and oxygen atoms in total. The topological polar surface area (TPSA) is 186 Å². The molecule has 0 radical (unpaired) electrons. The zero-order valence-electron chi connectivity index (χ0n) is 25.4. The van der Waals surface area contributed by atoms with Gasteiger partial charge < -0.3 is 30.0 Å². The number of phenolic OH excluding ortho intramolecular Hbond substituents is 1. The van der Waals surface area contributed by atoms with Gasteiger partial charge in [-0.25, -0.2) is 18.0 Å². The number of sulfonamides is 1. The molecule has 1 fully saturated rings. The monoisotopic (exact) mass is 731 g/mol. The second-order valence-corrected chi connectivity index (χ2v) is 13.3. The lowest BCUT2D eigenvalue weighted by Crippen LogP contribution is -2.48. The number of nitrogens with one attached hydrogen (secondary N) is 3. The first kappa shape index (κ1) is 35.2. The van der Waals surface area contributed by atoms with Gasteiger partial charge in [-0.2, -0.15) is 0 Å². The Labute approximate surface area is 280 Å². The van der Waals surface area contributed by atoms with Crippen LogP contribution in [0.5, 0.6) is 11.5 Å². The van der Waals surface area contributed by atoms with Crippen molar-refractivity contribution in [2.75, 3.05) is 20.3 Å². The summed E-state index contributed by atoms with van der Waals surface area (Å²) in [6.45, 7) is 0.433. The SMILES string of the molecule is COC(=O)c1c(O)cccc1OCCCCNC(=O)[C@H](Cc1ccc(C2CC(=O)NS2(=O)=O)c(Br)c1)NC(=O)OCc1ccccc1. The van der Waals surface area contributed by atoms with Gasteiger partial charge in [0.25, 0.3) is 0 Å². The van der Waals surface area contributed by atoms with Crippen molar-refractivity contribution in [2.24, 2.45) is 0 Å². The zero-order valence-corrected chi connectivity index (χ0v) is 27.8. The van der Waals surface area contributed by atoms with Gasteiger partial charge in [0.05, 0.1) is 20.1 Å². The molecule has 1 saturated heterocycles. The number of halogens is 1. The molecule has 0 bridgehead atoms. The van der Waals surface area contributed by atoms with E-state index in [1.165, 1.54) is 25.3 Å². The van der Waals surface area contributed by atoms with E-state index in [-0.39, 0.29) is 49.7 Å². The standard InChI is InChI=1S/C32H34BrN3O10S/c1-44-31(40)29-25(37)10-7-11-26(29)45-15-6-5-14-34-30(39)24(35-32(41)46-19-20-8-3-2-4-9-20)17-21-12-13-22(23(33)16-21)27-18-28(38)36-47(27,42)43/h2-4,7-13,16,24,27,37H,5-6,14-15,17-19H2,1H3,(H,34,39)(H,35,41)(H,36,38)/t24-,27?/m0/s1. The van der Waals surface area contributed by atoms with E-state index in [1.807, 2.05) is 22.9 Å². The third-order valence-corrected chi connectivity index (χ3v) is 9.56. The maximum absolute atomic E-state index is 13.3. The number of amides is 3. The Morgan fingerprint density at radius 3 is 2.49 bits per heavy atom. The van der Waals surface area contributed by atoms with Gasteiger partial charge >= 0.3 is 12.1 Å². The van der Waals surface area contributed by atoms with E-state index < -0.39 is 45.2 Å². The van der Waals surface area contributed by atoms with Crippen molar-refractivity contribution in [2.45, 2.75) is 43.6 Å². The van der Waals surface area contributed by atoms with E-state index >= 15 is 0 Å². The third-order valence-electron chi connectivity index (χ3n) is 7.20. The number of methoxy groups -OCH3 is 1. The number of phenols is 1. The smallest absolute Gasteiger partial charge is 0.408 e. The van der Waals surface area contributed by atoms with Crippen LogP contribution in [0.1, 0.15) is 51.6 Å². The molecule has 4 rings (SSSR count). The number of rotatable bonds is 14. The molecule has 1 unspecified atom stereocenters. The number of unbranched alkanes of at least 4 members (excludes halogenated alkanes) is 1. The lowest BCUT2D eigenvalue weighted by molar-refractivity contribution is -0.123. The summed E-state index contributed by atoms with van der Waals surface area (Å²) in [5.74, 6) is -1.89. The number of benzene rings is 3. The average molecular weight is 733 g/mol. The first-order valence-corrected chi connectivity index (χ1v) is 16.9. The van der Waals surface area contributed by atoms with E-state index in [9.17, 15) is 32.7 Å². The molecule has 2 atom stereocenters. The second kappa shape index (κ2) is 16.3. The van der Waals surface area contributed by atoms with Gasteiger partial charge in [0.15, 0.2) is 0 Å². The first-order chi connectivity index (χ1) is 22.5. The quantitative estimate of drug-likeness (QED) is 0.141. The number of hydrogen-bond donors (Lipinski definition) is 4. The van der Waals surface area contributed by atoms with Crippen LogP contribution in [-0.2, 0) is 42.1 Å². The van der Waals surface area contributed by atoms with Crippen molar-refractivity contribution < 1.29 is 46.9 Å². The van der Waals surface area contributed by atoms with Crippen LogP contribution in [0.2, 0.25) is 0 Å². The van der Waals surface area contributed by atoms with Crippen molar-refractivity contribution >= 4 is 49.8 Å². The van der Waals surface area contributed by atoms with Gasteiger partial charge in [-0.1, -0.05) is 64.5 Å². The number of hydrogen-bond acceptors (Lipinski definition) is 10. The van der Waals surface area contributed by atoms with Crippen LogP contribution in [0.25, 0.3) is 0 Å². The number of alkyl carbamates (subject to hydrolysis) is 1. The highest BCUT2D eigenvalue weighted by atomic mass is 79.9. The van der Waals surface area contributed by atoms with Gasteiger partial charge in [-0.15, -0.1) is 0 Å². The minimum Gasteiger partial charge on any atom is -0.507 e. The normalized spacial score (nSPS) is 15.6. The summed E-state index contributed by atoms with van der Waals surface area (Å²) in [6.07, 6.45) is 0.0323. The Morgan fingerprint density at radius 2 is 1.81 bits per heavy atom. The lowest BCUT2D eigenvalue weighted by Gasteiger charge is -2.19. The van der Waals surface area contributed by atoms with Gasteiger partial charge in [0.2, 0.25) is 21.8 Å². The summed E-state index contributed by atoms with van der Waals surface area (Å²) < 4.78 is 42.8. The molecular formula is C32H34BrN3O10S. The van der Waals surface area contributed by atoms with Gasteiger partial charge in [0, 0.05) is 17.4 Å². The van der Waals surface area contributed by atoms with Gasteiger partial charge in [0.1, 0.15) is 35.0 Å². The van der Waals surface area contributed by atoms with Crippen LogP contribution in [0, 0.1) is 0 Å². The Kier molecular flexibility index (Phi) is 12.2. The van der Waals surface area contributed by atoms with Crippen LogP contribution in [-0.4, -0.2) is 63.7 Å². The lowest BCUT2D eigenvalue weighted by atomic mass is 10.0. The van der Waals surface area contributed by atoms with E-state index in [1.54, 1.807) is 30.3 Å². The molecule has 15 heteroatoms. The molecule has 3 amide bonds. The molecule has 3 aromatic carbocycles. The molecule has 1 aliphatic heterocycles. The fourth-order valence-electron chi connectivity index (χ4n) is 4.83.